The van der Waals surface area contributed by atoms with E-state index in [1.54, 1.807) is 17.4 Å². The average molecular weight is 378 g/mol. The van der Waals surface area contributed by atoms with Gasteiger partial charge in [-0.2, -0.15) is 0 Å². The van der Waals surface area contributed by atoms with E-state index in [4.69, 9.17) is 4.98 Å². The van der Waals surface area contributed by atoms with Crippen LogP contribution in [0.1, 0.15) is 0 Å². The lowest BCUT2D eigenvalue weighted by Gasteiger charge is -2.07. The summed E-state index contributed by atoms with van der Waals surface area (Å²) in [5.74, 6) is 1.13. The van der Waals surface area contributed by atoms with Gasteiger partial charge in [-0.15, -0.1) is 11.3 Å². The third-order valence-corrected chi connectivity index (χ3v) is 6.52. The quantitative estimate of drug-likeness (QED) is 0.428. The van der Waals surface area contributed by atoms with Crippen LogP contribution in [0.15, 0.2) is 72.9 Å². The highest BCUT2D eigenvalue weighted by atomic mass is 32.1. The van der Waals surface area contributed by atoms with E-state index in [9.17, 15) is 5.11 Å². The van der Waals surface area contributed by atoms with Crippen molar-refractivity contribution in [3.63, 3.8) is 0 Å². The van der Waals surface area contributed by atoms with Crippen molar-refractivity contribution in [2.45, 2.75) is 0 Å². The van der Waals surface area contributed by atoms with Gasteiger partial charge in [0.05, 0.1) is 11.0 Å². The molecule has 0 aliphatic rings. The fourth-order valence-electron chi connectivity index (χ4n) is 4.10. The van der Waals surface area contributed by atoms with Crippen molar-refractivity contribution in [2.75, 3.05) is 0 Å². The minimum atomic E-state index is 0.260. The van der Waals surface area contributed by atoms with Crippen LogP contribution in [-0.4, -0.2) is 22.5 Å². The van der Waals surface area contributed by atoms with Crippen molar-refractivity contribution >= 4 is 66.6 Å². The van der Waals surface area contributed by atoms with Crippen LogP contribution in [0.3, 0.4) is 0 Å². The molecule has 0 saturated heterocycles. The number of aromatic hydroxyl groups is 1. The Balaban J connectivity index is 1.73. The molecule has 0 atom stereocenters. The van der Waals surface area contributed by atoms with Crippen LogP contribution in [0.2, 0.25) is 0 Å². The molecule has 6 aromatic rings. The van der Waals surface area contributed by atoms with Crippen LogP contribution in [-0.2, 0) is 0 Å². The van der Waals surface area contributed by atoms with Crippen molar-refractivity contribution < 1.29 is 5.11 Å². The number of hydrogen-bond donors (Lipinski definition) is 1. The van der Waals surface area contributed by atoms with Crippen LogP contribution < -0.4 is 5.46 Å². The third-order valence-electron chi connectivity index (χ3n) is 5.38. The lowest BCUT2D eigenvalue weighted by molar-refractivity contribution is 0.476. The van der Waals surface area contributed by atoms with Gasteiger partial charge in [-0.25, -0.2) is 4.98 Å². The number of fused-ring (bicyclic) bond motifs is 6. The Hall–Kier alpha value is -3.31. The summed E-state index contributed by atoms with van der Waals surface area (Å²) in [6, 6.07) is 22.6. The molecule has 28 heavy (non-hydrogen) atoms. The van der Waals surface area contributed by atoms with Crippen molar-refractivity contribution in [1.82, 2.24) is 9.55 Å². The molecule has 3 heterocycles. The first-order valence-electron chi connectivity index (χ1n) is 9.20. The van der Waals surface area contributed by atoms with Gasteiger partial charge in [-0.3, -0.25) is 4.57 Å². The zero-order valence-electron chi connectivity index (χ0n) is 15.2. The fraction of sp³-hybridized carbons (Fsp3) is 0. The van der Waals surface area contributed by atoms with Crippen LogP contribution in [0.4, 0.5) is 0 Å². The Bertz CT molecular complexity index is 1550. The van der Waals surface area contributed by atoms with E-state index in [1.807, 2.05) is 18.3 Å². The molecule has 0 saturated carbocycles. The molecule has 0 bridgehead atoms. The number of rotatable bonds is 1. The first kappa shape index (κ1) is 15.7. The fourth-order valence-corrected chi connectivity index (χ4v) is 5.21. The monoisotopic (exact) mass is 378 g/mol. The lowest BCUT2D eigenvalue weighted by atomic mass is 9.94. The number of nitrogens with zero attached hydrogens (tertiary/aromatic N) is 2. The summed E-state index contributed by atoms with van der Waals surface area (Å²) in [7, 11) is 2.10. The molecular formula is C23H15BN2OS. The van der Waals surface area contributed by atoms with Crippen LogP contribution >= 0.6 is 11.3 Å². The Kier molecular flexibility index (Phi) is 3.14. The second-order valence-electron chi connectivity index (χ2n) is 7.19. The highest BCUT2D eigenvalue weighted by Gasteiger charge is 2.15. The van der Waals surface area contributed by atoms with E-state index < -0.39 is 0 Å². The van der Waals surface area contributed by atoms with Gasteiger partial charge in [0.25, 0.3) is 0 Å². The van der Waals surface area contributed by atoms with Crippen molar-refractivity contribution in [1.29, 1.82) is 0 Å². The first-order chi connectivity index (χ1) is 13.7. The molecule has 1 N–H and O–H groups in total. The summed E-state index contributed by atoms with van der Waals surface area (Å²) in [5, 5.41) is 14.8. The third kappa shape index (κ3) is 2.14. The van der Waals surface area contributed by atoms with E-state index in [1.165, 1.54) is 31.0 Å². The smallest absolute Gasteiger partial charge is 0.139 e. The first-order valence-corrected chi connectivity index (χ1v) is 10.0. The number of thiophene rings is 1. The minimum Gasteiger partial charge on any atom is -0.508 e. The molecule has 0 radical (unpaired) electrons. The van der Waals surface area contributed by atoms with E-state index in [2.05, 4.69) is 60.9 Å². The molecule has 0 aliphatic heterocycles. The van der Waals surface area contributed by atoms with Gasteiger partial charge in [-0.05, 0) is 30.3 Å². The zero-order chi connectivity index (χ0) is 18.8. The molecule has 0 aliphatic carbocycles. The zero-order valence-corrected chi connectivity index (χ0v) is 16.0. The molecule has 0 unspecified atom stereocenters. The van der Waals surface area contributed by atoms with Gasteiger partial charge >= 0.3 is 0 Å². The van der Waals surface area contributed by atoms with E-state index in [0.717, 1.165) is 22.2 Å². The molecule has 6 rings (SSSR count). The standard InChI is InChI=1S/C23H15BN2OS/c24-13-5-8-19-17(9-13)15-7-6-14(27)10-20(15)26(19)23-11-22-18(12-25-23)16-3-1-2-4-21(16)28-22/h1-12,27H,24H2. The Morgan fingerprint density at radius 3 is 2.61 bits per heavy atom. The maximum Gasteiger partial charge on any atom is 0.139 e. The molecule has 132 valence electrons. The Morgan fingerprint density at radius 2 is 1.68 bits per heavy atom. The molecule has 0 fully saturated rings. The predicted octanol–water partition coefficient (Wildman–Crippen LogP) is 4.51. The normalized spacial score (nSPS) is 11.9. The number of phenols is 1. The molecular weight excluding hydrogens is 363 g/mol. The summed E-state index contributed by atoms with van der Waals surface area (Å²) in [4.78, 5) is 4.81. The van der Waals surface area contributed by atoms with Crippen LogP contribution in [0, 0.1) is 0 Å². The summed E-state index contributed by atoms with van der Waals surface area (Å²) in [5.41, 5.74) is 3.28. The molecule has 3 nitrogen and oxygen atoms in total. The Labute approximate surface area is 165 Å². The Morgan fingerprint density at radius 1 is 0.786 bits per heavy atom. The van der Waals surface area contributed by atoms with Crippen molar-refractivity contribution in [2.24, 2.45) is 0 Å². The maximum atomic E-state index is 10.1. The number of aromatic nitrogens is 2. The van der Waals surface area contributed by atoms with E-state index in [-0.39, 0.29) is 5.75 Å². The van der Waals surface area contributed by atoms with Gasteiger partial charge in [0.1, 0.15) is 19.4 Å². The van der Waals surface area contributed by atoms with Gasteiger partial charge in [-0.1, -0.05) is 35.8 Å². The minimum absolute atomic E-state index is 0.260. The molecule has 3 aromatic carbocycles. The second kappa shape index (κ2) is 5.60. The summed E-state index contributed by atoms with van der Waals surface area (Å²) in [6.45, 7) is 0. The average Bonchev–Trinajstić information content (AvgIpc) is 3.22. The second-order valence-corrected chi connectivity index (χ2v) is 8.28. The van der Waals surface area contributed by atoms with E-state index in [0.29, 0.717) is 0 Å². The summed E-state index contributed by atoms with van der Waals surface area (Å²) in [6.07, 6.45) is 1.97. The van der Waals surface area contributed by atoms with Crippen LogP contribution in [0.5, 0.6) is 5.75 Å². The highest BCUT2D eigenvalue weighted by Crippen LogP contribution is 2.37. The topological polar surface area (TPSA) is 38.0 Å². The largest absolute Gasteiger partial charge is 0.508 e. The molecule has 0 amide bonds. The maximum absolute atomic E-state index is 10.1. The molecule has 5 heteroatoms. The lowest BCUT2D eigenvalue weighted by Crippen LogP contribution is -2.01. The summed E-state index contributed by atoms with van der Waals surface area (Å²) >= 11 is 1.79. The summed E-state index contributed by atoms with van der Waals surface area (Å²) < 4.78 is 4.63. The number of phenolic OH excluding ortho intramolecular Hbond substituents is 1. The van der Waals surface area contributed by atoms with Crippen molar-refractivity contribution in [3.05, 3.63) is 72.9 Å². The van der Waals surface area contributed by atoms with Gasteiger partial charge in [0.15, 0.2) is 0 Å². The predicted molar refractivity (Wildman–Crippen MR) is 121 cm³/mol. The number of pyridine rings is 1. The van der Waals surface area contributed by atoms with Gasteiger partial charge in [0, 0.05) is 43.2 Å². The SMILES string of the molecule is Bc1ccc2c(c1)c1ccc(O)cc1n2-c1cc2sc3ccccc3c2cn1. The number of benzene rings is 3. The molecule has 0 spiro atoms. The van der Waals surface area contributed by atoms with E-state index >= 15 is 0 Å². The van der Waals surface area contributed by atoms with Crippen LogP contribution in [0.25, 0.3) is 47.8 Å². The molecule has 3 aromatic heterocycles. The highest BCUT2D eigenvalue weighted by molar-refractivity contribution is 7.25. The number of hydrogen-bond acceptors (Lipinski definition) is 3. The van der Waals surface area contributed by atoms with Gasteiger partial charge < -0.3 is 5.11 Å². The van der Waals surface area contributed by atoms with Crippen molar-refractivity contribution in [3.8, 4) is 11.6 Å². The van der Waals surface area contributed by atoms with Gasteiger partial charge in [0.2, 0.25) is 0 Å².